The van der Waals surface area contributed by atoms with Gasteiger partial charge in [-0.2, -0.15) is 0 Å². The summed E-state index contributed by atoms with van der Waals surface area (Å²) in [5.41, 5.74) is 1.60. The summed E-state index contributed by atoms with van der Waals surface area (Å²) in [6.45, 7) is 5.08. The van der Waals surface area contributed by atoms with Gasteiger partial charge in [-0.25, -0.2) is 4.79 Å². The Hall–Kier alpha value is -2.12. The van der Waals surface area contributed by atoms with Gasteiger partial charge in [-0.1, -0.05) is 6.92 Å². The Kier molecular flexibility index (Phi) is 6.34. The Bertz CT molecular complexity index is 797. The van der Waals surface area contributed by atoms with Gasteiger partial charge >= 0.3 is 5.97 Å². The Morgan fingerprint density at radius 1 is 1.44 bits per heavy atom. The maximum Gasteiger partial charge on any atom is 0.341 e. The van der Waals surface area contributed by atoms with Crippen LogP contribution >= 0.6 is 11.3 Å². The van der Waals surface area contributed by atoms with Crippen LogP contribution in [0.5, 0.6) is 0 Å². The Labute approximate surface area is 163 Å². The number of ether oxygens (including phenoxy) is 1. The van der Waals surface area contributed by atoms with Gasteiger partial charge < -0.3 is 14.5 Å². The van der Waals surface area contributed by atoms with E-state index in [1.807, 2.05) is 24.1 Å². The van der Waals surface area contributed by atoms with E-state index in [0.29, 0.717) is 29.6 Å². The van der Waals surface area contributed by atoms with E-state index < -0.39 is 0 Å². The first kappa shape index (κ1) is 19.6. The lowest BCUT2D eigenvalue weighted by Crippen LogP contribution is -2.30. The van der Waals surface area contributed by atoms with Gasteiger partial charge in [0.2, 0.25) is 5.91 Å². The topological polar surface area (TPSA) is 71.8 Å². The molecule has 0 radical (unpaired) electrons. The molecule has 2 heterocycles. The summed E-state index contributed by atoms with van der Waals surface area (Å²) in [5.74, 6) is 0.900. The average molecular weight is 391 g/mol. The molecule has 146 valence electrons. The number of amides is 1. The van der Waals surface area contributed by atoms with Crippen LogP contribution in [0.15, 0.2) is 22.8 Å². The number of fused-ring (bicyclic) bond motifs is 1. The summed E-state index contributed by atoms with van der Waals surface area (Å²) in [7, 11) is 1.86. The zero-order chi connectivity index (χ0) is 19.4. The number of esters is 1. The molecule has 1 amide bonds. The summed E-state index contributed by atoms with van der Waals surface area (Å²) in [6, 6.07) is 3.70. The summed E-state index contributed by atoms with van der Waals surface area (Å²) in [6.07, 6.45) is 4.47. The van der Waals surface area contributed by atoms with Crippen molar-refractivity contribution in [1.82, 2.24) is 4.90 Å². The van der Waals surface area contributed by atoms with E-state index >= 15 is 0 Å². The number of carbonyl (C=O) groups is 2. The number of rotatable bonds is 7. The van der Waals surface area contributed by atoms with Crippen LogP contribution < -0.4 is 5.32 Å². The highest BCUT2D eigenvalue weighted by Gasteiger charge is 2.29. The molecular weight excluding hydrogens is 364 g/mol. The third kappa shape index (κ3) is 4.78. The molecule has 1 aliphatic carbocycles. The molecule has 0 saturated heterocycles. The molecule has 7 heteroatoms. The van der Waals surface area contributed by atoms with Crippen molar-refractivity contribution in [3.63, 3.8) is 0 Å². The second-order valence-corrected chi connectivity index (χ2v) is 8.18. The molecule has 27 heavy (non-hydrogen) atoms. The van der Waals surface area contributed by atoms with Crippen molar-refractivity contribution in [3.05, 3.63) is 40.2 Å². The highest BCUT2D eigenvalue weighted by Crippen LogP contribution is 2.40. The molecular formula is C20H26N2O4S. The van der Waals surface area contributed by atoms with Crippen LogP contribution in [0.4, 0.5) is 5.00 Å². The monoisotopic (exact) mass is 390 g/mol. The van der Waals surface area contributed by atoms with E-state index in [9.17, 15) is 9.59 Å². The second-order valence-electron chi connectivity index (χ2n) is 7.08. The largest absolute Gasteiger partial charge is 0.468 e. The van der Waals surface area contributed by atoms with Crippen molar-refractivity contribution in [1.29, 1.82) is 0 Å². The van der Waals surface area contributed by atoms with Gasteiger partial charge in [-0.3, -0.25) is 9.69 Å². The van der Waals surface area contributed by atoms with Gasteiger partial charge in [0.25, 0.3) is 0 Å². The standard InChI is InChI=1S/C20H26N2O4S/c1-4-25-20(24)18-15-8-7-13(2)10-16(15)27-19(18)21-17(23)12-22(3)11-14-6-5-9-26-14/h5-6,9,13H,4,7-8,10-12H2,1-3H3,(H,21,23)/t13-/m0/s1. The Morgan fingerprint density at radius 3 is 2.96 bits per heavy atom. The molecule has 0 fully saturated rings. The van der Waals surface area contributed by atoms with Gasteiger partial charge in [0, 0.05) is 4.88 Å². The lowest BCUT2D eigenvalue weighted by atomic mass is 9.88. The van der Waals surface area contributed by atoms with Crippen LogP contribution in [-0.4, -0.2) is 37.0 Å². The number of thiophene rings is 1. The van der Waals surface area contributed by atoms with Gasteiger partial charge in [-0.05, 0) is 56.8 Å². The molecule has 1 aliphatic rings. The minimum atomic E-state index is -0.344. The van der Waals surface area contributed by atoms with Crippen LogP contribution in [0.1, 0.15) is 46.8 Å². The predicted molar refractivity (Wildman–Crippen MR) is 105 cm³/mol. The molecule has 0 aromatic carbocycles. The molecule has 2 aromatic rings. The fourth-order valence-electron chi connectivity index (χ4n) is 3.39. The van der Waals surface area contributed by atoms with E-state index in [1.165, 1.54) is 16.2 Å². The molecule has 0 saturated carbocycles. The van der Waals surface area contributed by atoms with E-state index in [4.69, 9.17) is 9.15 Å². The van der Waals surface area contributed by atoms with Crippen molar-refractivity contribution < 1.29 is 18.7 Å². The van der Waals surface area contributed by atoms with Crippen LogP contribution in [0.3, 0.4) is 0 Å². The van der Waals surface area contributed by atoms with E-state index in [1.54, 1.807) is 13.2 Å². The van der Waals surface area contributed by atoms with Gasteiger partial charge in [0.05, 0.1) is 31.5 Å². The predicted octanol–water partition coefficient (Wildman–Crippen LogP) is 3.71. The Balaban J connectivity index is 1.73. The summed E-state index contributed by atoms with van der Waals surface area (Å²) in [4.78, 5) is 28.1. The number of hydrogen-bond acceptors (Lipinski definition) is 6. The van der Waals surface area contributed by atoms with Crippen molar-refractivity contribution >= 4 is 28.2 Å². The fraction of sp³-hybridized carbons (Fsp3) is 0.500. The SMILES string of the molecule is CCOC(=O)c1c(NC(=O)CN(C)Cc2ccco2)sc2c1CC[C@H](C)C2. The first-order valence-electron chi connectivity index (χ1n) is 9.30. The number of nitrogens with one attached hydrogen (secondary N) is 1. The second kappa shape index (κ2) is 8.71. The lowest BCUT2D eigenvalue weighted by Gasteiger charge is -2.18. The van der Waals surface area contributed by atoms with Crippen LogP contribution in [0, 0.1) is 5.92 Å². The number of likely N-dealkylation sites (N-methyl/N-ethyl adjacent to an activating group) is 1. The van der Waals surface area contributed by atoms with E-state index in [0.717, 1.165) is 30.6 Å². The van der Waals surface area contributed by atoms with E-state index in [2.05, 4.69) is 12.2 Å². The third-order valence-corrected chi connectivity index (χ3v) is 5.83. The van der Waals surface area contributed by atoms with Gasteiger partial charge in [0.15, 0.2) is 0 Å². The maximum absolute atomic E-state index is 12.5. The number of nitrogens with zero attached hydrogens (tertiary/aromatic N) is 1. The Morgan fingerprint density at radius 2 is 2.26 bits per heavy atom. The van der Waals surface area contributed by atoms with Crippen LogP contribution in [-0.2, 0) is 28.9 Å². The smallest absolute Gasteiger partial charge is 0.341 e. The summed E-state index contributed by atoms with van der Waals surface area (Å²) >= 11 is 1.51. The number of furan rings is 1. The molecule has 0 aliphatic heterocycles. The van der Waals surface area contributed by atoms with Crippen molar-refractivity contribution in [2.45, 2.75) is 39.7 Å². The number of anilines is 1. The first-order valence-corrected chi connectivity index (χ1v) is 10.1. The van der Waals surface area contributed by atoms with Crippen LogP contribution in [0.25, 0.3) is 0 Å². The fourth-order valence-corrected chi connectivity index (χ4v) is 4.81. The normalized spacial score (nSPS) is 16.2. The third-order valence-electron chi connectivity index (χ3n) is 4.66. The highest BCUT2D eigenvalue weighted by molar-refractivity contribution is 7.17. The van der Waals surface area contributed by atoms with Crippen molar-refractivity contribution in [3.8, 4) is 0 Å². The zero-order valence-corrected chi connectivity index (χ0v) is 16.9. The first-order chi connectivity index (χ1) is 13.0. The molecule has 3 rings (SSSR count). The maximum atomic E-state index is 12.5. The molecule has 0 spiro atoms. The van der Waals surface area contributed by atoms with Gasteiger partial charge in [0.1, 0.15) is 10.8 Å². The summed E-state index contributed by atoms with van der Waals surface area (Å²) in [5, 5.41) is 3.55. The number of carbonyl (C=O) groups excluding carboxylic acids is 2. The molecule has 6 nitrogen and oxygen atoms in total. The number of hydrogen-bond donors (Lipinski definition) is 1. The van der Waals surface area contributed by atoms with Gasteiger partial charge in [-0.15, -0.1) is 11.3 Å². The lowest BCUT2D eigenvalue weighted by molar-refractivity contribution is -0.117. The van der Waals surface area contributed by atoms with E-state index in [-0.39, 0.29) is 18.4 Å². The molecule has 2 aromatic heterocycles. The zero-order valence-electron chi connectivity index (χ0n) is 16.0. The van der Waals surface area contributed by atoms with Crippen LogP contribution in [0.2, 0.25) is 0 Å². The quantitative estimate of drug-likeness (QED) is 0.730. The highest BCUT2D eigenvalue weighted by atomic mass is 32.1. The van der Waals surface area contributed by atoms with Crippen molar-refractivity contribution in [2.24, 2.45) is 5.92 Å². The van der Waals surface area contributed by atoms with Crippen molar-refractivity contribution in [2.75, 3.05) is 25.5 Å². The average Bonchev–Trinajstić information content (AvgIpc) is 3.21. The minimum absolute atomic E-state index is 0.152. The molecule has 0 bridgehead atoms. The minimum Gasteiger partial charge on any atom is -0.468 e. The molecule has 0 unspecified atom stereocenters. The molecule has 1 N–H and O–H groups in total. The summed E-state index contributed by atoms with van der Waals surface area (Å²) < 4.78 is 10.6. The molecule has 1 atom stereocenters.